The summed E-state index contributed by atoms with van der Waals surface area (Å²) in [5.74, 6) is -0.289. The van der Waals surface area contributed by atoms with E-state index in [0.717, 1.165) is 6.42 Å². The Bertz CT molecular complexity index is 443. The number of aryl methyl sites for hydroxylation is 1. The smallest absolute Gasteiger partial charge is 0.312 e. The van der Waals surface area contributed by atoms with E-state index in [0.29, 0.717) is 5.69 Å². The molecule has 1 unspecified atom stereocenters. The number of unbranched alkanes of at least 4 members (excludes halogenated alkanes) is 2. The highest BCUT2D eigenvalue weighted by atomic mass is 16.2. The second-order valence-corrected chi connectivity index (χ2v) is 4.87. The number of amides is 3. The van der Waals surface area contributed by atoms with E-state index >= 15 is 0 Å². The monoisotopic (exact) mass is 277 g/mol. The van der Waals surface area contributed by atoms with Crippen LogP contribution < -0.4 is 16.4 Å². The first-order chi connectivity index (χ1) is 9.52. The van der Waals surface area contributed by atoms with Crippen molar-refractivity contribution in [3.05, 3.63) is 29.8 Å². The van der Waals surface area contributed by atoms with E-state index < -0.39 is 12.1 Å². The van der Waals surface area contributed by atoms with Crippen LogP contribution in [0.2, 0.25) is 0 Å². The molecule has 1 aromatic rings. The van der Waals surface area contributed by atoms with Crippen molar-refractivity contribution in [1.82, 2.24) is 5.32 Å². The fourth-order valence-electron chi connectivity index (χ4n) is 1.86. The molecule has 0 aromatic heterocycles. The van der Waals surface area contributed by atoms with Crippen molar-refractivity contribution < 1.29 is 9.59 Å². The Morgan fingerprint density at radius 2 is 1.85 bits per heavy atom. The van der Waals surface area contributed by atoms with E-state index in [1.54, 1.807) is 6.92 Å². The van der Waals surface area contributed by atoms with Gasteiger partial charge in [-0.15, -0.1) is 0 Å². The lowest BCUT2D eigenvalue weighted by Gasteiger charge is -2.12. The zero-order valence-corrected chi connectivity index (χ0v) is 12.1. The van der Waals surface area contributed by atoms with Gasteiger partial charge in [-0.1, -0.05) is 31.9 Å². The molecule has 5 heteroatoms. The molecule has 4 N–H and O–H groups in total. The molecule has 0 aliphatic heterocycles. The van der Waals surface area contributed by atoms with Gasteiger partial charge in [0.1, 0.15) is 6.04 Å². The van der Waals surface area contributed by atoms with Gasteiger partial charge in [0.25, 0.3) is 0 Å². The van der Waals surface area contributed by atoms with E-state index in [-0.39, 0.29) is 5.91 Å². The van der Waals surface area contributed by atoms with Crippen LogP contribution in [0.5, 0.6) is 0 Å². The van der Waals surface area contributed by atoms with Crippen LogP contribution in [0.15, 0.2) is 24.3 Å². The normalized spacial score (nSPS) is 11.7. The predicted octanol–water partition coefficient (Wildman–Crippen LogP) is 2.41. The molecule has 0 aliphatic carbocycles. The minimum atomic E-state index is -0.709. The van der Waals surface area contributed by atoms with Crippen LogP contribution in [0.1, 0.15) is 38.7 Å². The molecule has 20 heavy (non-hydrogen) atoms. The van der Waals surface area contributed by atoms with Crippen molar-refractivity contribution in [2.75, 3.05) is 5.32 Å². The van der Waals surface area contributed by atoms with Gasteiger partial charge in [-0.05, 0) is 37.5 Å². The zero-order valence-electron chi connectivity index (χ0n) is 12.1. The van der Waals surface area contributed by atoms with Crippen molar-refractivity contribution >= 4 is 17.6 Å². The van der Waals surface area contributed by atoms with Crippen molar-refractivity contribution in [3.63, 3.8) is 0 Å². The number of benzene rings is 1. The lowest BCUT2D eigenvalue weighted by Crippen LogP contribution is -2.44. The van der Waals surface area contributed by atoms with Gasteiger partial charge in [0.15, 0.2) is 0 Å². The molecular weight excluding hydrogens is 254 g/mol. The molecule has 0 saturated carbocycles. The zero-order chi connectivity index (χ0) is 15.0. The van der Waals surface area contributed by atoms with Gasteiger partial charge >= 0.3 is 6.03 Å². The molecule has 110 valence electrons. The van der Waals surface area contributed by atoms with Gasteiger partial charge in [-0.25, -0.2) is 4.79 Å². The van der Waals surface area contributed by atoms with Crippen LogP contribution in [0, 0.1) is 0 Å². The summed E-state index contributed by atoms with van der Waals surface area (Å²) >= 11 is 0. The summed E-state index contributed by atoms with van der Waals surface area (Å²) in [5, 5.41) is 5.07. The first kappa shape index (κ1) is 16.0. The quantitative estimate of drug-likeness (QED) is 0.669. The number of nitrogens with two attached hydrogens (primary N) is 1. The maximum absolute atomic E-state index is 11.8. The van der Waals surface area contributed by atoms with Crippen molar-refractivity contribution in [2.45, 2.75) is 45.6 Å². The molecule has 0 bridgehead atoms. The molecule has 0 spiro atoms. The lowest BCUT2D eigenvalue weighted by atomic mass is 10.1. The predicted molar refractivity (Wildman–Crippen MR) is 80.5 cm³/mol. The Hall–Kier alpha value is -2.04. The summed E-state index contributed by atoms with van der Waals surface area (Å²) in [4.78, 5) is 22.4. The van der Waals surface area contributed by atoms with Crippen molar-refractivity contribution in [2.24, 2.45) is 5.73 Å². The third kappa shape index (κ3) is 5.73. The Balaban J connectivity index is 2.48. The maximum atomic E-state index is 11.8. The largest absolute Gasteiger partial charge is 0.352 e. The summed E-state index contributed by atoms with van der Waals surface area (Å²) in [5.41, 5.74) is 6.95. The molecule has 3 amide bonds. The standard InChI is InChI=1S/C15H23N3O2/c1-3-4-5-6-12-7-9-13(10-8-12)18-14(19)11(2)17-15(16)20/h7-11H,3-6H2,1-2H3,(H,18,19)(H3,16,17,20). The molecule has 1 atom stereocenters. The first-order valence-electron chi connectivity index (χ1n) is 6.98. The first-order valence-corrected chi connectivity index (χ1v) is 6.98. The highest BCUT2D eigenvalue weighted by Crippen LogP contribution is 2.12. The van der Waals surface area contributed by atoms with Gasteiger partial charge in [0, 0.05) is 5.69 Å². The van der Waals surface area contributed by atoms with Crippen molar-refractivity contribution in [3.8, 4) is 0 Å². The molecule has 0 heterocycles. The second-order valence-electron chi connectivity index (χ2n) is 4.87. The van der Waals surface area contributed by atoms with E-state index in [1.807, 2.05) is 24.3 Å². The second kappa shape index (κ2) is 8.19. The van der Waals surface area contributed by atoms with Gasteiger partial charge in [0.05, 0.1) is 0 Å². The number of urea groups is 1. The number of carbonyl (C=O) groups is 2. The summed E-state index contributed by atoms with van der Waals surface area (Å²) in [6, 6.07) is 6.40. The number of hydrogen-bond donors (Lipinski definition) is 3. The molecule has 0 radical (unpaired) electrons. The van der Waals surface area contributed by atoms with Crippen LogP contribution in [-0.2, 0) is 11.2 Å². The highest BCUT2D eigenvalue weighted by molar-refractivity contribution is 5.96. The third-order valence-electron chi connectivity index (χ3n) is 3.04. The summed E-state index contributed by atoms with van der Waals surface area (Å²) in [6.07, 6.45) is 4.68. The lowest BCUT2D eigenvalue weighted by molar-refractivity contribution is -0.117. The van der Waals surface area contributed by atoms with Crippen LogP contribution in [0.4, 0.5) is 10.5 Å². The SMILES string of the molecule is CCCCCc1ccc(NC(=O)C(C)NC(N)=O)cc1. The molecule has 0 fully saturated rings. The van der Waals surface area contributed by atoms with Crippen LogP contribution >= 0.6 is 0 Å². The van der Waals surface area contributed by atoms with Crippen LogP contribution in [0.25, 0.3) is 0 Å². The number of nitrogens with one attached hydrogen (secondary N) is 2. The van der Waals surface area contributed by atoms with Crippen LogP contribution in [0.3, 0.4) is 0 Å². The number of anilines is 1. The number of carbonyl (C=O) groups excluding carboxylic acids is 2. The topological polar surface area (TPSA) is 84.2 Å². The Morgan fingerprint density at radius 1 is 1.20 bits per heavy atom. The Labute approximate surface area is 119 Å². The summed E-state index contributed by atoms with van der Waals surface area (Å²) < 4.78 is 0. The fourth-order valence-corrected chi connectivity index (χ4v) is 1.86. The molecule has 1 rings (SSSR count). The van der Waals surface area contributed by atoms with E-state index in [1.165, 1.54) is 24.8 Å². The van der Waals surface area contributed by atoms with E-state index in [2.05, 4.69) is 17.6 Å². The van der Waals surface area contributed by atoms with Crippen LogP contribution in [-0.4, -0.2) is 18.0 Å². The average molecular weight is 277 g/mol. The third-order valence-corrected chi connectivity index (χ3v) is 3.04. The fraction of sp³-hybridized carbons (Fsp3) is 0.467. The molecule has 1 aromatic carbocycles. The summed E-state index contributed by atoms with van der Waals surface area (Å²) in [7, 11) is 0. The molecular formula is C15H23N3O2. The number of primary amides is 1. The van der Waals surface area contributed by atoms with E-state index in [9.17, 15) is 9.59 Å². The minimum Gasteiger partial charge on any atom is -0.352 e. The highest BCUT2D eigenvalue weighted by Gasteiger charge is 2.13. The molecule has 5 nitrogen and oxygen atoms in total. The van der Waals surface area contributed by atoms with Gasteiger partial charge in [-0.2, -0.15) is 0 Å². The maximum Gasteiger partial charge on any atom is 0.312 e. The number of hydrogen-bond acceptors (Lipinski definition) is 2. The Kier molecular flexibility index (Phi) is 6.56. The van der Waals surface area contributed by atoms with E-state index in [4.69, 9.17) is 5.73 Å². The van der Waals surface area contributed by atoms with Gasteiger partial charge in [-0.3, -0.25) is 4.79 Å². The molecule has 0 saturated heterocycles. The minimum absolute atomic E-state index is 0.289. The summed E-state index contributed by atoms with van der Waals surface area (Å²) in [6.45, 7) is 3.76. The molecule has 0 aliphatic rings. The Morgan fingerprint density at radius 3 is 2.40 bits per heavy atom. The average Bonchev–Trinajstić information content (AvgIpc) is 2.40. The van der Waals surface area contributed by atoms with Gasteiger partial charge < -0.3 is 16.4 Å². The van der Waals surface area contributed by atoms with Gasteiger partial charge in [0.2, 0.25) is 5.91 Å². The number of rotatable bonds is 7. The van der Waals surface area contributed by atoms with Crippen molar-refractivity contribution in [1.29, 1.82) is 0 Å².